The van der Waals surface area contributed by atoms with Gasteiger partial charge >= 0.3 is 0 Å². The largest absolute Gasteiger partial charge is 0.492 e. The number of halogens is 2. The van der Waals surface area contributed by atoms with Crippen molar-refractivity contribution in [2.24, 2.45) is 0 Å². The SMILES string of the molecule is CCOc1ccc(NS(=O)(=O)c2cc(F)cc(F)c2)cc1S(=O)(=O)N1CCCCC1. The van der Waals surface area contributed by atoms with Gasteiger partial charge in [-0.3, -0.25) is 4.72 Å². The number of rotatable bonds is 7. The molecular formula is C19H22F2N2O5S2. The van der Waals surface area contributed by atoms with Crippen molar-refractivity contribution in [2.45, 2.75) is 36.0 Å². The summed E-state index contributed by atoms with van der Waals surface area (Å²) < 4.78 is 87.2. The molecule has 1 N–H and O–H groups in total. The van der Waals surface area contributed by atoms with Crippen LogP contribution >= 0.6 is 0 Å². The molecule has 0 amide bonds. The molecule has 1 aliphatic rings. The highest BCUT2D eigenvalue weighted by molar-refractivity contribution is 7.92. The Kier molecular flexibility index (Phi) is 6.63. The van der Waals surface area contributed by atoms with Gasteiger partial charge in [-0.05, 0) is 50.1 Å². The van der Waals surface area contributed by atoms with Crippen LogP contribution in [0, 0.1) is 11.6 Å². The Morgan fingerprint density at radius 1 is 0.967 bits per heavy atom. The first-order chi connectivity index (χ1) is 14.1. The third-order valence-electron chi connectivity index (χ3n) is 4.57. The first-order valence-electron chi connectivity index (χ1n) is 9.39. The number of nitrogens with one attached hydrogen (secondary N) is 1. The number of nitrogens with zero attached hydrogens (tertiary/aromatic N) is 1. The normalized spacial score (nSPS) is 15.7. The summed E-state index contributed by atoms with van der Waals surface area (Å²) in [6, 6.07) is 5.73. The number of benzene rings is 2. The van der Waals surface area contributed by atoms with Crippen LogP contribution in [0.3, 0.4) is 0 Å². The molecule has 164 valence electrons. The first-order valence-corrected chi connectivity index (χ1v) is 12.3. The average Bonchev–Trinajstić information content (AvgIpc) is 2.69. The van der Waals surface area contributed by atoms with Gasteiger partial charge in [0, 0.05) is 19.2 Å². The topological polar surface area (TPSA) is 92.8 Å². The van der Waals surface area contributed by atoms with Gasteiger partial charge in [-0.2, -0.15) is 4.31 Å². The van der Waals surface area contributed by atoms with E-state index in [2.05, 4.69) is 4.72 Å². The second-order valence-corrected chi connectivity index (χ2v) is 10.4. The van der Waals surface area contributed by atoms with Gasteiger partial charge in [-0.1, -0.05) is 6.42 Å². The summed E-state index contributed by atoms with van der Waals surface area (Å²) >= 11 is 0. The van der Waals surface area contributed by atoms with E-state index in [4.69, 9.17) is 4.74 Å². The Hall–Kier alpha value is -2.24. The third kappa shape index (κ3) is 4.90. The monoisotopic (exact) mass is 460 g/mol. The van der Waals surface area contributed by atoms with Crippen molar-refractivity contribution in [3.05, 3.63) is 48.0 Å². The molecule has 3 rings (SSSR count). The summed E-state index contributed by atoms with van der Waals surface area (Å²) in [5.41, 5.74) is -0.0706. The molecule has 1 saturated heterocycles. The van der Waals surface area contributed by atoms with Crippen molar-refractivity contribution in [3.63, 3.8) is 0 Å². The van der Waals surface area contributed by atoms with E-state index in [0.717, 1.165) is 25.3 Å². The molecule has 0 spiro atoms. The Morgan fingerprint density at radius 2 is 1.60 bits per heavy atom. The fraction of sp³-hybridized carbons (Fsp3) is 0.368. The van der Waals surface area contributed by atoms with Crippen molar-refractivity contribution in [1.82, 2.24) is 4.31 Å². The summed E-state index contributed by atoms with van der Waals surface area (Å²) in [5.74, 6) is -1.99. The number of hydrogen-bond acceptors (Lipinski definition) is 5. The molecule has 0 aliphatic carbocycles. The van der Waals surface area contributed by atoms with Crippen molar-refractivity contribution in [3.8, 4) is 5.75 Å². The lowest BCUT2D eigenvalue weighted by molar-refractivity contribution is 0.323. The molecule has 30 heavy (non-hydrogen) atoms. The molecule has 0 radical (unpaired) electrons. The van der Waals surface area contributed by atoms with Gasteiger partial charge in [-0.15, -0.1) is 0 Å². The predicted molar refractivity (Wildman–Crippen MR) is 107 cm³/mol. The summed E-state index contributed by atoms with van der Waals surface area (Å²) in [4.78, 5) is -0.786. The number of piperidine rings is 1. The predicted octanol–water partition coefficient (Wildman–Crippen LogP) is 3.34. The first kappa shape index (κ1) is 22.4. The minimum absolute atomic E-state index is 0.0706. The van der Waals surface area contributed by atoms with Crippen molar-refractivity contribution in [1.29, 1.82) is 0 Å². The van der Waals surface area contributed by atoms with Crippen LogP contribution in [0.1, 0.15) is 26.2 Å². The van der Waals surface area contributed by atoms with Crippen LogP contribution < -0.4 is 9.46 Å². The smallest absolute Gasteiger partial charge is 0.262 e. The minimum atomic E-state index is -4.35. The van der Waals surface area contributed by atoms with E-state index in [-0.39, 0.29) is 22.9 Å². The number of hydrogen-bond donors (Lipinski definition) is 1. The summed E-state index contributed by atoms with van der Waals surface area (Å²) in [6.45, 7) is 2.65. The zero-order chi connectivity index (χ0) is 21.9. The zero-order valence-corrected chi connectivity index (χ0v) is 17.9. The molecule has 2 aromatic rings. The van der Waals surface area contributed by atoms with Crippen LogP contribution in [0.25, 0.3) is 0 Å². The quantitative estimate of drug-likeness (QED) is 0.684. The fourth-order valence-corrected chi connectivity index (χ4v) is 5.95. The lowest BCUT2D eigenvalue weighted by atomic mass is 10.2. The van der Waals surface area contributed by atoms with Gasteiger partial charge in [0.15, 0.2) is 0 Å². The second-order valence-electron chi connectivity index (χ2n) is 6.77. The summed E-state index contributed by atoms with van der Waals surface area (Å²) in [7, 11) is -8.27. The van der Waals surface area contributed by atoms with E-state index in [9.17, 15) is 25.6 Å². The van der Waals surface area contributed by atoms with E-state index < -0.39 is 36.6 Å². The van der Waals surface area contributed by atoms with Crippen molar-refractivity contribution < 1.29 is 30.4 Å². The standard InChI is InChI=1S/C19H22F2N2O5S2/c1-2-28-18-7-6-16(13-19(18)30(26,27)23-8-4-3-5-9-23)22-29(24,25)17-11-14(20)10-15(21)12-17/h6-7,10-13,22H,2-5,8-9H2,1H3. The molecule has 1 heterocycles. The van der Waals surface area contributed by atoms with Gasteiger partial charge in [0.25, 0.3) is 10.0 Å². The van der Waals surface area contributed by atoms with Gasteiger partial charge in [0.05, 0.1) is 17.2 Å². The molecule has 0 aromatic heterocycles. The van der Waals surface area contributed by atoms with Crippen LogP contribution in [-0.4, -0.2) is 40.8 Å². The Labute approximate surface area is 174 Å². The Balaban J connectivity index is 1.99. The highest BCUT2D eigenvalue weighted by Crippen LogP contribution is 2.32. The molecule has 0 bridgehead atoms. The van der Waals surface area contributed by atoms with E-state index in [1.165, 1.54) is 16.4 Å². The minimum Gasteiger partial charge on any atom is -0.492 e. The highest BCUT2D eigenvalue weighted by Gasteiger charge is 2.30. The van der Waals surface area contributed by atoms with E-state index >= 15 is 0 Å². The molecule has 0 unspecified atom stereocenters. The maximum Gasteiger partial charge on any atom is 0.262 e. The van der Waals surface area contributed by atoms with E-state index in [0.29, 0.717) is 31.3 Å². The molecule has 0 atom stereocenters. The summed E-state index contributed by atoms with van der Waals surface area (Å²) in [6.07, 6.45) is 2.41. The summed E-state index contributed by atoms with van der Waals surface area (Å²) in [5, 5.41) is 0. The zero-order valence-electron chi connectivity index (χ0n) is 16.3. The molecular weight excluding hydrogens is 438 g/mol. The number of anilines is 1. The van der Waals surface area contributed by atoms with Crippen LogP contribution in [0.2, 0.25) is 0 Å². The maximum absolute atomic E-state index is 13.4. The average molecular weight is 461 g/mol. The van der Waals surface area contributed by atoms with E-state index in [1.807, 2.05) is 0 Å². The van der Waals surface area contributed by atoms with Crippen molar-refractivity contribution >= 4 is 25.7 Å². The van der Waals surface area contributed by atoms with Crippen LogP contribution in [0.15, 0.2) is 46.2 Å². The molecule has 1 aliphatic heterocycles. The molecule has 7 nitrogen and oxygen atoms in total. The van der Waals surface area contributed by atoms with Gasteiger partial charge in [0.2, 0.25) is 10.0 Å². The lowest BCUT2D eigenvalue weighted by Crippen LogP contribution is -2.35. The number of sulfonamides is 2. The second kappa shape index (κ2) is 8.86. The van der Waals surface area contributed by atoms with Crippen molar-refractivity contribution in [2.75, 3.05) is 24.4 Å². The van der Waals surface area contributed by atoms with Gasteiger partial charge in [0.1, 0.15) is 22.3 Å². The Bertz CT molecular complexity index is 1110. The van der Waals surface area contributed by atoms with Crippen LogP contribution in [0.5, 0.6) is 5.75 Å². The van der Waals surface area contributed by atoms with Gasteiger partial charge in [-0.25, -0.2) is 25.6 Å². The number of ether oxygens (including phenoxy) is 1. The lowest BCUT2D eigenvalue weighted by Gasteiger charge is -2.27. The highest BCUT2D eigenvalue weighted by atomic mass is 32.2. The Morgan fingerprint density at radius 3 is 2.20 bits per heavy atom. The molecule has 2 aromatic carbocycles. The third-order valence-corrected chi connectivity index (χ3v) is 7.86. The van der Waals surface area contributed by atoms with Crippen LogP contribution in [-0.2, 0) is 20.0 Å². The maximum atomic E-state index is 13.4. The van der Waals surface area contributed by atoms with Crippen LogP contribution in [0.4, 0.5) is 14.5 Å². The fourth-order valence-electron chi connectivity index (χ4n) is 3.19. The molecule has 11 heteroatoms. The van der Waals surface area contributed by atoms with E-state index in [1.54, 1.807) is 6.92 Å². The van der Waals surface area contributed by atoms with Gasteiger partial charge < -0.3 is 4.74 Å². The molecule has 0 saturated carbocycles. The molecule has 1 fully saturated rings.